The molecule has 29 heavy (non-hydrogen) atoms. The first-order chi connectivity index (χ1) is 13.9. The Morgan fingerprint density at radius 1 is 0.828 bits per heavy atom. The number of imidazole rings is 1. The average molecular weight is 451 g/mol. The molecule has 0 radical (unpaired) electrons. The first-order valence-electron chi connectivity index (χ1n) is 8.77. The molecule has 4 aromatic rings. The quantitative estimate of drug-likeness (QED) is 0.212. The van der Waals surface area contributed by atoms with Crippen LogP contribution in [0.1, 0.15) is 0 Å². The number of hydrogen-bond acceptors (Lipinski definition) is 3. The molecular weight excluding hydrogens is 431 g/mol. The summed E-state index contributed by atoms with van der Waals surface area (Å²) in [4.78, 5) is 13.0. The second kappa shape index (κ2) is 7.46. The number of fused-ring (bicyclic) bond motifs is 1. The number of rotatable bonds is 4. The fourth-order valence-electron chi connectivity index (χ4n) is 3.08. The number of aromatic nitrogens is 2. The molecule has 2 aromatic carbocycles. The summed E-state index contributed by atoms with van der Waals surface area (Å²) in [7, 11) is 2.00. The Morgan fingerprint density at radius 2 is 1.45 bits per heavy atom. The molecule has 0 bridgehead atoms. The number of aliphatic imine (C=N–C) groups is 2. The van der Waals surface area contributed by atoms with E-state index in [0.29, 0.717) is 5.69 Å². The Kier molecular flexibility index (Phi) is 4.84. The van der Waals surface area contributed by atoms with Crippen molar-refractivity contribution in [2.24, 2.45) is 40.0 Å². The maximum atomic E-state index is 5.49. The van der Waals surface area contributed by atoms with Gasteiger partial charge in [-0.2, -0.15) is 0 Å². The molecule has 0 saturated heterocycles. The van der Waals surface area contributed by atoms with Gasteiger partial charge in [-0.1, -0.05) is 0 Å². The zero-order valence-electron chi connectivity index (χ0n) is 15.7. The van der Waals surface area contributed by atoms with E-state index in [1.165, 1.54) is 8.87 Å². The van der Waals surface area contributed by atoms with Gasteiger partial charge in [0.2, 0.25) is 0 Å². The number of guanidine groups is 2. The molecule has 2 aromatic heterocycles. The molecule has 8 N–H and O–H groups in total. The predicted octanol–water partition coefficient (Wildman–Crippen LogP) is 1.77. The molecule has 2 heterocycles. The van der Waals surface area contributed by atoms with Crippen molar-refractivity contribution in [3.05, 3.63) is 54.6 Å². The van der Waals surface area contributed by atoms with Crippen LogP contribution in [0.3, 0.4) is 0 Å². The molecule has 0 unspecified atom stereocenters. The Balaban J connectivity index is 1.69. The average Bonchev–Trinajstić information content (AvgIpc) is 3.27. The molecule has 0 aliphatic rings. The first kappa shape index (κ1) is 18.8. The van der Waals surface area contributed by atoms with E-state index in [-0.39, 0.29) is 26.4 Å². The van der Waals surface area contributed by atoms with Crippen molar-refractivity contribution < 1.29 is 0 Å². The van der Waals surface area contributed by atoms with Gasteiger partial charge < -0.3 is 0 Å². The Morgan fingerprint density at radius 3 is 2.14 bits per heavy atom. The van der Waals surface area contributed by atoms with Crippen LogP contribution >= 0.6 is 0 Å². The second-order valence-corrected chi connectivity index (χ2v) is 8.73. The standard InChI is InChI=1S/C20H20N8Se/c1-28-15-10-13(26-20(23)24)6-7-14(15)27-18(28)17-9-8-16(29-17)11-2-4-12(5-3-11)25-19(21)22/h2-10H,1H3,(H4,21,22,25)(H4,23,24,26). The summed E-state index contributed by atoms with van der Waals surface area (Å²) in [6.07, 6.45) is 0. The van der Waals surface area contributed by atoms with Gasteiger partial charge in [0.05, 0.1) is 0 Å². The first-order valence-corrected chi connectivity index (χ1v) is 10.5. The molecule has 8 nitrogen and oxygen atoms in total. The van der Waals surface area contributed by atoms with Crippen LogP contribution in [0.15, 0.2) is 64.6 Å². The van der Waals surface area contributed by atoms with Gasteiger partial charge in [0, 0.05) is 0 Å². The van der Waals surface area contributed by atoms with Crippen LogP contribution in [0.5, 0.6) is 0 Å². The van der Waals surface area contributed by atoms with Crippen LogP contribution in [0, 0.1) is 0 Å². The van der Waals surface area contributed by atoms with E-state index in [1.54, 1.807) is 0 Å². The van der Waals surface area contributed by atoms with Gasteiger partial charge in [-0.25, -0.2) is 0 Å². The molecule has 0 atom stereocenters. The Bertz CT molecular complexity index is 1240. The van der Waals surface area contributed by atoms with E-state index in [1.807, 2.05) is 49.5 Å². The van der Waals surface area contributed by atoms with Crippen molar-refractivity contribution in [1.82, 2.24) is 9.55 Å². The third kappa shape index (κ3) is 3.87. The Hall–Kier alpha value is -3.55. The van der Waals surface area contributed by atoms with Gasteiger partial charge >= 0.3 is 173 Å². The van der Waals surface area contributed by atoms with Gasteiger partial charge in [0.15, 0.2) is 0 Å². The summed E-state index contributed by atoms with van der Waals surface area (Å²) in [5.74, 6) is 1.04. The van der Waals surface area contributed by atoms with Gasteiger partial charge in [-0.3, -0.25) is 0 Å². The molecule has 0 amide bonds. The van der Waals surface area contributed by atoms with Gasteiger partial charge in [-0.05, 0) is 0 Å². The summed E-state index contributed by atoms with van der Waals surface area (Å²) in [6, 6.07) is 17.9. The summed E-state index contributed by atoms with van der Waals surface area (Å²) < 4.78 is 4.56. The monoisotopic (exact) mass is 452 g/mol. The van der Waals surface area contributed by atoms with Crippen LogP contribution in [-0.4, -0.2) is 36.0 Å². The third-order valence-electron chi connectivity index (χ3n) is 4.36. The molecule has 0 aliphatic heterocycles. The number of aryl methyl sites for hydroxylation is 1. The van der Waals surface area contributed by atoms with Crippen molar-refractivity contribution in [2.45, 2.75) is 0 Å². The number of nitrogens with two attached hydrogens (primary N) is 4. The van der Waals surface area contributed by atoms with Crippen LogP contribution in [0.25, 0.3) is 31.3 Å². The van der Waals surface area contributed by atoms with Crippen molar-refractivity contribution in [3.8, 4) is 20.3 Å². The fraction of sp³-hybridized carbons (Fsp3) is 0.0500. The van der Waals surface area contributed by atoms with E-state index < -0.39 is 0 Å². The number of benzene rings is 2. The van der Waals surface area contributed by atoms with E-state index in [2.05, 4.69) is 26.7 Å². The SMILES string of the molecule is Cn1c(-c2ccc(-c3ccc(N=C(N)N)cc3)[se]2)nc2ccc(N=C(N)N)cc21. The van der Waals surface area contributed by atoms with Crippen LogP contribution in [-0.2, 0) is 7.05 Å². The van der Waals surface area contributed by atoms with Crippen LogP contribution < -0.4 is 22.9 Å². The number of hydrogen-bond donors (Lipinski definition) is 4. The molecule has 0 fully saturated rings. The van der Waals surface area contributed by atoms with Crippen LogP contribution in [0.2, 0.25) is 0 Å². The molecule has 0 spiro atoms. The van der Waals surface area contributed by atoms with E-state index in [0.717, 1.165) is 28.1 Å². The molecule has 9 heteroatoms. The second-order valence-electron chi connectivity index (χ2n) is 6.45. The zero-order valence-corrected chi connectivity index (χ0v) is 17.4. The van der Waals surface area contributed by atoms with Crippen molar-refractivity contribution in [3.63, 3.8) is 0 Å². The van der Waals surface area contributed by atoms with E-state index >= 15 is 0 Å². The number of nitrogens with zero attached hydrogens (tertiary/aromatic N) is 4. The van der Waals surface area contributed by atoms with Crippen molar-refractivity contribution >= 4 is 48.8 Å². The summed E-state index contributed by atoms with van der Waals surface area (Å²) in [5.41, 5.74) is 26.3. The topological polar surface area (TPSA) is 147 Å². The maximum absolute atomic E-state index is 5.49. The predicted molar refractivity (Wildman–Crippen MR) is 119 cm³/mol. The normalized spacial score (nSPS) is 10.8. The molecule has 146 valence electrons. The van der Waals surface area contributed by atoms with Crippen molar-refractivity contribution in [1.29, 1.82) is 0 Å². The van der Waals surface area contributed by atoms with Crippen LogP contribution in [0.4, 0.5) is 11.4 Å². The minimum atomic E-state index is 0.0354. The molecule has 4 rings (SSSR count). The molecular formula is C20H20N8Se. The minimum absolute atomic E-state index is 0.0354. The van der Waals surface area contributed by atoms with Crippen molar-refractivity contribution in [2.75, 3.05) is 0 Å². The molecule has 0 saturated carbocycles. The van der Waals surface area contributed by atoms with Gasteiger partial charge in [0.1, 0.15) is 0 Å². The van der Waals surface area contributed by atoms with E-state index in [4.69, 9.17) is 27.9 Å². The third-order valence-corrected chi connectivity index (χ3v) is 6.73. The summed E-state index contributed by atoms with van der Waals surface area (Å²) in [6.45, 7) is 0. The zero-order chi connectivity index (χ0) is 20.5. The van der Waals surface area contributed by atoms with E-state index in [9.17, 15) is 0 Å². The fourth-order valence-corrected chi connectivity index (χ4v) is 5.26. The summed E-state index contributed by atoms with van der Waals surface area (Å²) >= 11 is 0.134. The van der Waals surface area contributed by atoms with Gasteiger partial charge in [0.25, 0.3) is 0 Å². The summed E-state index contributed by atoms with van der Waals surface area (Å²) in [5, 5.41) is 0. The Labute approximate surface area is 173 Å². The molecule has 0 aliphatic carbocycles. The van der Waals surface area contributed by atoms with Gasteiger partial charge in [-0.15, -0.1) is 0 Å².